The number of nitro groups is 1. The Kier molecular flexibility index (Phi) is 3.41. The van der Waals surface area contributed by atoms with Gasteiger partial charge in [-0.3, -0.25) is 15.2 Å². The van der Waals surface area contributed by atoms with Crippen molar-refractivity contribution in [2.75, 3.05) is 5.09 Å². The maximum Gasteiger partial charge on any atom is 0.417 e. The van der Waals surface area contributed by atoms with Crippen molar-refractivity contribution in [1.82, 2.24) is 0 Å². The third-order valence-corrected chi connectivity index (χ3v) is 3.88. The van der Waals surface area contributed by atoms with E-state index >= 15 is 0 Å². The maximum absolute atomic E-state index is 11.8. The van der Waals surface area contributed by atoms with Crippen molar-refractivity contribution in [3.63, 3.8) is 0 Å². The molecule has 1 atom stereocenters. The van der Waals surface area contributed by atoms with E-state index in [1.807, 2.05) is 0 Å². The number of nitro benzene ring substituents is 1. The van der Waals surface area contributed by atoms with Crippen molar-refractivity contribution >= 4 is 25.9 Å². The number of rotatable bonds is 3. The first-order valence-corrected chi connectivity index (χ1v) is 7.12. The van der Waals surface area contributed by atoms with Crippen molar-refractivity contribution < 1.29 is 18.8 Å². The van der Waals surface area contributed by atoms with Crippen molar-refractivity contribution in [2.45, 2.75) is 0 Å². The molecule has 1 N–H and O–H groups in total. The minimum absolute atomic E-state index is 0.112. The number of hydrogen-bond acceptors (Lipinski definition) is 6. The third-order valence-electron chi connectivity index (χ3n) is 2.77. The Morgan fingerprint density at radius 3 is 2.57 bits per heavy atom. The van der Waals surface area contributed by atoms with Gasteiger partial charge in [-0.25, -0.2) is 4.79 Å². The number of fused-ring (bicyclic) bond motifs is 1. The molecule has 1 aliphatic rings. The van der Waals surface area contributed by atoms with Crippen LogP contribution in [-0.4, -0.2) is 10.9 Å². The highest BCUT2D eigenvalue weighted by Gasteiger charge is 2.30. The molecule has 0 saturated heterocycles. The monoisotopic (exact) mass is 304 g/mol. The molecule has 1 heterocycles. The van der Waals surface area contributed by atoms with E-state index in [1.165, 1.54) is 12.1 Å². The van der Waals surface area contributed by atoms with Crippen molar-refractivity contribution in [3.8, 4) is 5.75 Å². The molecular formula is C13H9N2O5P. The molecule has 0 saturated carbocycles. The highest BCUT2D eigenvalue weighted by Crippen LogP contribution is 2.47. The zero-order valence-corrected chi connectivity index (χ0v) is 11.4. The SMILES string of the molecule is O=C1OP(Nc2ccccc2[N+](=O)[O-])Oc2ccccc21. The molecular weight excluding hydrogens is 295 g/mol. The highest BCUT2D eigenvalue weighted by atomic mass is 31.2. The van der Waals surface area contributed by atoms with Gasteiger partial charge < -0.3 is 9.05 Å². The summed E-state index contributed by atoms with van der Waals surface area (Å²) in [4.78, 5) is 22.3. The van der Waals surface area contributed by atoms with Gasteiger partial charge in [0.25, 0.3) is 5.69 Å². The first-order valence-electron chi connectivity index (χ1n) is 5.94. The van der Waals surface area contributed by atoms with Crippen LogP contribution >= 0.6 is 8.53 Å². The number of carbonyl (C=O) groups excluding carboxylic acids is 1. The van der Waals surface area contributed by atoms with Crippen molar-refractivity contribution in [3.05, 3.63) is 64.2 Å². The van der Waals surface area contributed by atoms with Gasteiger partial charge in [-0.1, -0.05) is 24.3 Å². The lowest BCUT2D eigenvalue weighted by Gasteiger charge is -2.23. The quantitative estimate of drug-likeness (QED) is 0.530. The molecule has 106 valence electrons. The van der Waals surface area contributed by atoms with Crippen LogP contribution in [0.2, 0.25) is 0 Å². The third kappa shape index (κ3) is 2.64. The first kappa shape index (κ1) is 13.3. The van der Waals surface area contributed by atoms with Crippen LogP contribution in [0, 0.1) is 10.1 Å². The smallest absolute Gasteiger partial charge is 0.417 e. The summed E-state index contributed by atoms with van der Waals surface area (Å²) in [5, 5.41) is 13.7. The van der Waals surface area contributed by atoms with Gasteiger partial charge in [0.05, 0.1) is 4.92 Å². The van der Waals surface area contributed by atoms with Gasteiger partial charge in [0.15, 0.2) is 0 Å². The van der Waals surface area contributed by atoms with Crippen LogP contribution in [-0.2, 0) is 4.52 Å². The fourth-order valence-electron chi connectivity index (χ4n) is 1.82. The number of nitrogens with one attached hydrogen (secondary N) is 1. The normalized spacial score (nSPS) is 16.4. The molecule has 0 fully saturated rings. The second-order valence-electron chi connectivity index (χ2n) is 4.11. The molecule has 0 aromatic heterocycles. The molecule has 0 spiro atoms. The minimum atomic E-state index is -1.82. The van der Waals surface area contributed by atoms with Crippen LogP contribution in [0.3, 0.4) is 0 Å². The van der Waals surface area contributed by atoms with E-state index in [0.717, 1.165) is 0 Å². The molecule has 1 unspecified atom stereocenters. The summed E-state index contributed by atoms with van der Waals surface area (Å²) in [7, 11) is -1.82. The molecule has 3 rings (SSSR count). The standard InChI is InChI=1S/C13H9N2O5P/c16-13-9-5-1-4-8-12(9)19-21(20-13)14-10-6-2-3-7-11(10)15(17)18/h1-8,14H. The maximum atomic E-state index is 11.8. The molecule has 0 amide bonds. The topological polar surface area (TPSA) is 90.7 Å². The summed E-state index contributed by atoms with van der Waals surface area (Å²) in [6.45, 7) is 0. The number of benzene rings is 2. The molecule has 0 aliphatic carbocycles. The Labute approximate surface area is 120 Å². The van der Waals surface area contributed by atoms with E-state index in [4.69, 9.17) is 9.05 Å². The fourth-order valence-corrected chi connectivity index (χ4v) is 2.92. The zero-order chi connectivity index (χ0) is 14.8. The Bertz CT molecular complexity index is 721. The predicted molar refractivity (Wildman–Crippen MR) is 76.1 cm³/mol. The molecule has 8 heteroatoms. The van der Waals surface area contributed by atoms with Gasteiger partial charge in [0.1, 0.15) is 17.0 Å². The molecule has 0 bridgehead atoms. The second kappa shape index (κ2) is 5.38. The van der Waals surface area contributed by atoms with Crippen molar-refractivity contribution in [2.24, 2.45) is 0 Å². The van der Waals surface area contributed by atoms with Crippen molar-refractivity contribution in [1.29, 1.82) is 0 Å². The van der Waals surface area contributed by atoms with E-state index in [2.05, 4.69) is 5.09 Å². The Hall–Kier alpha value is -2.66. The molecule has 0 radical (unpaired) electrons. The highest BCUT2D eigenvalue weighted by molar-refractivity contribution is 7.50. The fraction of sp³-hybridized carbons (Fsp3) is 0. The van der Waals surface area contributed by atoms with Crippen LogP contribution < -0.4 is 9.61 Å². The Morgan fingerprint density at radius 1 is 1.05 bits per heavy atom. The van der Waals surface area contributed by atoms with Gasteiger partial charge in [0.2, 0.25) is 0 Å². The molecule has 1 aliphatic heterocycles. The largest absolute Gasteiger partial charge is 0.422 e. The lowest BCUT2D eigenvalue weighted by atomic mass is 10.2. The molecule has 21 heavy (non-hydrogen) atoms. The number of para-hydroxylation sites is 3. The Balaban J connectivity index is 1.85. The number of nitrogens with zero attached hydrogens (tertiary/aromatic N) is 1. The summed E-state index contributed by atoms with van der Waals surface area (Å²) >= 11 is 0. The van der Waals surface area contributed by atoms with E-state index in [0.29, 0.717) is 11.3 Å². The summed E-state index contributed by atoms with van der Waals surface area (Å²) in [6.07, 6.45) is 0. The number of carbonyl (C=O) groups is 1. The van der Waals surface area contributed by atoms with Gasteiger partial charge in [-0.2, -0.15) is 0 Å². The van der Waals surface area contributed by atoms with E-state index in [9.17, 15) is 14.9 Å². The van der Waals surface area contributed by atoms with Crippen LogP contribution in [0.25, 0.3) is 0 Å². The first-order chi connectivity index (χ1) is 10.1. The molecule has 7 nitrogen and oxygen atoms in total. The summed E-state index contributed by atoms with van der Waals surface area (Å²) in [5.74, 6) is -0.125. The number of hydrogen-bond donors (Lipinski definition) is 1. The summed E-state index contributed by atoms with van der Waals surface area (Å²) in [6, 6.07) is 12.8. The van der Waals surface area contributed by atoms with Gasteiger partial charge in [-0.15, -0.1) is 0 Å². The Morgan fingerprint density at radius 2 is 1.76 bits per heavy atom. The van der Waals surface area contributed by atoms with E-state index in [1.54, 1.807) is 36.4 Å². The average molecular weight is 304 g/mol. The van der Waals surface area contributed by atoms with E-state index in [-0.39, 0.29) is 11.4 Å². The van der Waals surface area contributed by atoms with Crippen LogP contribution in [0.1, 0.15) is 10.4 Å². The minimum Gasteiger partial charge on any atom is -0.422 e. The van der Waals surface area contributed by atoms with Gasteiger partial charge in [-0.05, 0) is 18.2 Å². The lowest BCUT2D eigenvalue weighted by Crippen LogP contribution is -2.15. The average Bonchev–Trinajstić information content (AvgIpc) is 2.47. The number of anilines is 1. The lowest BCUT2D eigenvalue weighted by molar-refractivity contribution is -0.383. The zero-order valence-electron chi connectivity index (χ0n) is 10.6. The summed E-state index contributed by atoms with van der Waals surface area (Å²) < 4.78 is 10.7. The van der Waals surface area contributed by atoms with Crippen LogP contribution in [0.5, 0.6) is 5.75 Å². The van der Waals surface area contributed by atoms with Gasteiger partial charge >= 0.3 is 14.5 Å². The van der Waals surface area contributed by atoms with E-state index < -0.39 is 19.4 Å². The predicted octanol–water partition coefficient (Wildman–Crippen LogP) is 3.48. The molecule has 2 aromatic carbocycles. The second-order valence-corrected chi connectivity index (χ2v) is 5.21. The van der Waals surface area contributed by atoms with Crippen LogP contribution in [0.4, 0.5) is 11.4 Å². The summed E-state index contributed by atoms with van der Waals surface area (Å²) in [5.41, 5.74) is 0.458. The van der Waals surface area contributed by atoms with Gasteiger partial charge in [0, 0.05) is 6.07 Å². The molecule has 2 aromatic rings. The van der Waals surface area contributed by atoms with Crippen LogP contribution in [0.15, 0.2) is 48.5 Å².